The number of sulfone groups is 2. The lowest BCUT2D eigenvalue weighted by atomic mass is 9.99. The first-order chi connectivity index (χ1) is 19.9. The topological polar surface area (TPSA) is 164 Å². The third-order valence-corrected chi connectivity index (χ3v) is 10.5. The molecule has 0 aliphatic heterocycles. The summed E-state index contributed by atoms with van der Waals surface area (Å²) in [5.41, 5.74) is 9.53. The van der Waals surface area contributed by atoms with E-state index in [0.29, 0.717) is 46.2 Å². The highest BCUT2D eigenvalue weighted by Crippen LogP contribution is 2.45. The molecular formula is C30H33N5O5S2. The molecule has 42 heavy (non-hydrogen) atoms. The van der Waals surface area contributed by atoms with Gasteiger partial charge >= 0.3 is 0 Å². The third-order valence-electron chi connectivity index (χ3n) is 6.63. The number of phenols is 1. The van der Waals surface area contributed by atoms with Gasteiger partial charge in [-0.2, -0.15) is 10.2 Å². The summed E-state index contributed by atoms with van der Waals surface area (Å²) < 4.78 is 49.1. The number of anilines is 1. The molecule has 0 aliphatic rings. The summed E-state index contributed by atoms with van der Waals surface area (Å²) in [4.78, 5) is 0.444. The normalized spacial score (nSPS) is 12.6. The van der Waals surface area contributed by atoms with Crippen LogP contribution in [0.3, 0.4) is 0 Å². The van der Waals surface area contributed by atoms with Gasteiger partial charge in [0.25, 0.3) is 0 Å². The van der Waals surface area contributed by atoms with Crippen LogP contribution in [0, 0.1) is 13.8 Å². The van der Waals surface area contributed by atoms with Gasteiger partial charge in [0, 0.05) is 0 Å². The first kappa shape index (κ1) is 30.8. The number of phenolic OH excluding ortho intramolecular Hbond substituents is 1. The van der Waals surface area contributed by atoms with Gasteiger partial charge in [-0.15, -0.1) is 10.2 Å². The highest BCUT2D eigenvalue weighted by molar-refractivity contribution is 7.91. The van der Waals surface area contributed by atoms with E-state index in [9.17, 15) is 21.9 Å². The number of azo groups is 2. The second-order valence-corrected chi connectivity index (χ2v) is 14.2. The Bertz CT molecular complexity index is 1770. The molecule has 10 nitrogen and oxygen atoms in total. The van der Waals surface area contributed by atoms with Crippen LogP contribution in [0.2, 0.25) is 0 Å². The van der Waals surface area contributed by atoms with Crippen LogP contribution in [0.1, 0.15) is 37.8 Å². The standard InChI is InChI=1S/C30H33N5O5S2/c1-5-15-41(37,38)24-11-7-22(8-12-24)32-34-28-19(3)17-21-18-20(4)29(30(36)26(21)27(28)31)35-33-23-9-13-25(14-10-23)42(39,40)16-6-2/h7-14,17-18,36H,5-6,15-16,31H2,1-4H3/b34-32+,35-33+. The van der Waals surface area contributed by atoms with Crippen LogP contribution in [-0.2, 0) is 19.7 Å². The predicted octanol–water partition coefficient (Wildman–Crippen LogP) is 7.94. The number of hydrogen-bond donors (Lipinski definition) is 2. The Kier molecular flexibility index (Phi) is 9.07. The van der Waals surface area contributed by atoms with Gasteiger partial charge in [-0.25, -0.2) is 16.8 Å². The number of fused-ring (bicyclic) bond motifs is 1. The molecule has 0 amide bonds. The zero-order chi connectivity index (χ0) is 30.7. The second kappa shape index (κ2) is 12.4. The lowest BCUT2D eigenvalue weighted by Crippen LogP contribution is -2.05. The Morgan fingerprint density at radius 1 is 0.667 bits per heavy atom. The summed E-state index contributed by atoms with van der Waals surface area (Å²) in [5, 5.41) is 29.2. The summed E-state index contributed by atoms with van der Waals surface area (Å²) in [7, 11) is -6.68. The molecule has 0 saturated carbocycles. The molecule has 0 bridgehead atoms. The molecule has 4 aromatic rings. The molecule has 0 atom stereocenters. The summed E-state index contributed by atoms with van der Waals surface area (Å²) in [6.07, 6.45) is 1.05. The zero-order valence-corrected chi connectivity index (χ0v) is 25.5. The molecule has 4 rings (SSSR count). The highest BCUT2D eigenvalue weighted by atomic mass is 32.2. The van der Waals surface area contributed by atoms with Gasteiger partial charge in [0.15, 0.2) is 25.4 Å². The van der Waals surface area contributed by atoms with E-state index in [1.165, 1.54) is 24.3 Å². The molecule has 0 heterocycles. The van der Waals surface area contributed by atoms with E-state index in [-0.39, 0.29) is 38.4 Å². The van der Waals surface area contributed by atoms with Crippen molar-refractivity contribution in [1.29, 1.82) is 0 Å². The molecule has 0 saturated heterocycles. The van der Waals surface area contributed by atoms with E-state index in [4.69, 9.17) is 5.73 Å². The minimum absolute atomic E-state index is 0.0656. The van der Waals surface area contributed by atoms with Crippen molar-refractivity contribution in [3.8, 4) is 5.75 Å². The summed E-state index contributed by atoms with van der Waals surface area (Å²) in [5.74, 6) is -0.0351. The van der Waals surface area contributed by atoms with Crippen LogP contribution in [-0.4, -0.2) is 33.4 Å². The largest absolute Gasteiger partial charge is 0.505 e. The first-order valence-corrected chi connectivity index (χ1v) is 16.7. The van der Waals surface area contributed by atoms with Crippen molar-refractivity contribution in [1.82, 2.24) is 0 Å². The molecule has 220 valence electrons. The molecular weight excluding hydrogens is 574 g/mol. The van der Waals surface area contributed by atoms with Crippen molar-refractivity contribution in [3.05, 3.63) is 71.8 Å². The van der Waals surface area contributed by atoms with E-state index in [0.717, 1.165) is 5.56 Å². The van der Waals surface area contributed by atoms with Crippen LogP contribution in [0.4, 0.5) is 28.4 Å². The summed E-state index contributed by atoms with van der Waals surface area (Å²) >= 11 is 0. The average molecular weight is 608 g/mol. The molecule has 0 aromatic heterocycles. The highest BCUT2D eigenvalue weighted by Gasteiger charge is 2.18. The van der Waals surface area contributed by atoms with Crippen LogP contribution >= 0.6 is 0 Å². The predicted molar refractivity (Wildman–Crippen MR) is 165 cm³/mol. The van der Waals surface area contributed by atoms with Gasteiger partial charge in [-0.05, 0) is 104 Å². The molecule has 0 aliphatic carbocycles. The van der Waals surface area contributed by atoms with Crippen LogP contribution in [0.25, 0.3) is 10.8 Å². The number of aryl methyl sites for hydroxylation is 2. The Labute approximate surface area is 245 Å². The van der Waals surface area contributed by atoms with Crippen molar-refractivity contribution in [2.75, 3.05) is 17.2 Å². The zero-order valence-electron chi connectivity index (χ0n) is 23.9. The molecule has 4 aromatic carbocycles. The molecule has 0 unspecified atom stereocenters. The maximum atomic E-state index is 12.3. The maximum absolute atomic E-state index is 12.3. The fraction of sp³-hybridized carbons (Fsp3) is 0.267. The number of nitrogens with two attached hydrogens (primary N) is 1. The summed E-state index contributed by atoms with van der Waals surface area (Å²) in [6, 6.07) is 15.9. The number of rotatable bonds is 10. The van der Waals surface area contributed by atoms with Crippen molar-refractivity contribution in [3.63, 3.8) is 0 Å². The first-order valence-electron chi connectivity index (χ1n) is 13.4. The van der Waals surface area contributed by atoms with Crippen molar-refractivity contribution in [2.24, 2.45) is 20.5 Å². The minimum Gasteiger partial charge on any atom is -0.505 e. The fourth-order valence-electron chi connectivity index (χ4n) is 4.53. The number of nitrogen functional groups attached to an aromatic ring is 1. The number of aromatic hydroxyl groups is 1. The number of nitrogens with zero attached hydrogens (tertiary/aromatic N) is 4. The van der Waals surface area contributed by atoms with Crippen molar-refractivity contribution in [2.45, 2.75) is 50.3 Å². The third kappa shape index (κ3) is 6.50. The van der Waals surface area contributed by atoms with Gasteiger partial charge < -0.3 is 10.8 Å². The average Bonchev–Trinajstić information content (AvgIpc) is 2.93. The molecule has 0 fully saturated rings. The summed E-state index contributed by atoms with van der Waals surface area (Å²) in [6.45, 7) is 7.23. The SMILES string of the molecule is CCCS(=O)(=O)c1ccc(/N=N/c2c(C)cc3cc(C)c(/N=N/c4ccc(S(=O)(=O)CCC)cc4)c(O)c3c2N)cc1. The minimum atomic E-state index is -3.34. The van der Waals surface area contributed by atoms with Crippen molar-refractivity contribution < 1.29 is 21.9 Å². The second-order valence-electron chi connectivity index (χ2n) is 9.97. The van der Waals surface area contributed by atoms with Crippen LogP contribution in [0.15, 0.2) is 90.9 Å². The van der Waals surface area contributed by atoms with E-state index in [2.05, 4.69) is 20.5 Å². The Morgan fingerprint density at radius 2 is 1.07 bits per heavy atom. The van der Waals surface area contributed by atoms with Gasteiger partial charge in [0.2, 0.25) is 0 Å². The lowest BCUT2D eigenvalue weighted by Gasteiger charge is -2.13. The monoisotopic (exact) mass is 607 g/mol. The smallest absolute Gasteiger partial charge is 0.178 e. The molecule has 3 N–H and O–H groups in total. The number of benzene rings is 4. The molecule has 0 radical (unpaired) electrons. The van der Waals surface area contributed by atoms with Gasteiger partial charge in [-0.1, -0.05) is 13.8 Å². The van der Waals surface area contributed by atoms with E-state index in [1.54, 1.807) is 31.2 Å². The maximum Gasteiger partial charge on any atom is 0.178 e. The van der Waals surface area contributed by atoms with Gasteiger partial charge in [0.1, 0.15) is 11.4 Å². The van der Waals surface area contributed by atoms with E-state index >= 15 is 0 Å². The van der Waals surface area contributed by atoms with Crippen molar-refractivity contribution >= 4 is 58.9 Å². The van der Waals surface area contributed by atoms with Gasteiger partial charge in [-0.3, -0.25) is 0 Å². The lowest BCUT2D eigenvalue weighted by molar-refractivity contribution is 0.482. The van der Waals surface area contributed by atoms with E-state index in [1.807, 2.05) is 32.9 Å². The van der Waals surface area contributed by atoms with Crippen LogP contribution in [0.5, 0.6) is 5.75 Å². The Balaban J connectivity index is 1.67. The quantitative estimate of drug-likeness (QED) is 0.137. The Morgan fingerprint density at radius 3 is 1.50 bits per heavy atom. The molecule has 12 heteroatoms. The Hall–Kier alpha value is -4.16. The van der Waals surface area contributed by atoms with Crippen LogP contribution < -0.4 is 5.73 Å². The van der Waals surface area contributed by atoms with Gasteiger partial charge in [0.05, 0.1) is 43.7 Å². The number of hydrogen-bond acceptors (Lipinski definition) is 10. The molecule has 0 spiro atoms. The fourth-order valence-corrected chi connectivity index (χ4v) is 7.18. The van der Waals surface area contributed by atoms with E-state index < -0.39 is 19.7 Å².